The highest BCUT2D eigenvalue weighted by Gasteiger charge is 2.57. The van der Waals surface area contributed by atoms with E-state index in [0.717, 1.165) is 11.1 Å². The zero-order valence-corrected chi connectivity index (χ0v) is 19.9. The van der Waals surface area contributed by atoms with Gasteiger partial charge in [-0.25, -0.2) is 0 Å². The van der Waals surface area contributed by atoms with Gasteiger partial charge < -0.3 is 29.2 Å². The maximum Gasteiger partial charge on any atom is 0.327 e. The monoisotopic (exact) mass is 470 g/mol. The van der Waals surface area contributed by atoms with Gasteiger partial charge in [0.05, 0.1) is 19.6 Å². The van der Waals surface area contributed by atoms with E-state index in [4.69, 9.17) is 18.9 Å². The SMILES string of the molecule is CCc1cc2c(c(C)c1OCCO)OC(=O)CC21C(=O)Oc2c1cc(CC)c(OCCO)c2C. The number of rotatable bonds is 8. The Morgan fingerprint density at radius 1 is 0.853 bits per heavy atom. The lowest BCUT2D eigenvalue weighted by Gasteiger charge is -2.34. The number of ether oxygens (including phenoxy) is 4. The van der Waals surface area contributed by atoms with Crippen LogP contribution in [0.3, 0.4) is 0 Å². The summed E-state index contributed by atoms with van der Waals surface area (Å²) in [6.07, 6.45) is 1.07. The van der Waals surface area contributed by atoms with Crippen LogP contribution in [0, 0.1) is 13.8 Å². The van der Waals surface area contributed by atoms with E-state index >= 15 is 0 Å². The number of aryl methyl sites for hydroxylation is 2. The van der Waals surface area contributed by atoms with E-state index in [2.05, 4.69) is 0 Å². The molecule has 2 aliphatic heterocycles. The van der Waals surface area contributed by atoms with Crippen molar-refractivity contribution >= 4 is 11.9 Å². The summed E-state index contributed by atoms with van der Waals surface area (Å²) in [5.41, 5.74) is 2.82. The number of aliphatic hydroxyl groups is 2. The number of aliphatic hydroxyl groups excluding tert-OH is 2. The third-order valence-corrected chi connectivity index (χ3v) is 6.60. The third-order valence-electron chi connectivity index (χ3n) is 6.60. The molecule has 182 valence electrons. The van der Waals surface area contributed by atoms with Crippen molar-refractivity contribution < 1.29 is 38.7 Å². The van der Waals surface area contributed by atoms with Gasteiger partial charge in [0.1, 0.15) is 41.6 Å². The molecule has 0 amide bonds. The Balaban J connectivity index is 1.99. The van der Waals surface area contributed by atoms with Gasteiger partial charge in [-0.15, -0.1) is 0 Å². The van der Waals surface area contributed by atoms with Crippen molar-refractivity contribution in [1.29, 1.82) is 0 Å². The molecule has 0 saturated heterocycles. The number of esters is 2. The minimum absolute atomic E-state index is 0.103. The summed E-state index contributed by atoms with van der Waals surface area (Å²) in [6, 6.07) is 3.73. The highest BCUT2D eigenvalue weighted by Crippen LogP contribution is 2.56. The first-order valence-corrected chi connectivity index (χ1v) is 11.6. The van der Waals surface area contributed by atoms with Gasteiger partial charge in [0, 0.05) is 22.3 Å². The van der Waals surface area contributed by atoms with Crippen LogP contribution in [-0.4, -0.2) is 48.6 Å². The van der Waals surface area contributed by atoms with Crippen LogP contribution in [0.2, 0.25) is 0 Å². The predicted octanol–water partition coefficient (Wildman–Crippen LogP) is 2.68. The lowest BCUT2D eigenvalue weighted by Crippen LogP contribution is -2.42. The summed E-state index contributed by atoms with van der Waals surface area (Å²) in [6.45, 7) is 7.48. The Labute approximate surface area is 198 Å². The smallest absolute Gasteiger partial charge is 0.327 e. The minimum atomic E-state index is -1.34. The first-order valence-electron chi connectivity index (χ1n) is 11.6. The second-order valence-electron chi connectivity index (χ2n) is 8.53. The van der Waals surface area contributed by atoms with E-state index in [1.807, 2.05) is 32.9 Å². The van der Waals surface area contributed by atoms with Crippen molar-refractivity contribution in [3.05, 3.63) is 45.5 Å². The molecule has 1 atom stereocenters. The molecule has 0 aliphatic carbocycles. The zero-order chi connectivity index (χ0) is 24.6. The van der Waals surface area contributed by atoms with Crippen molar-refractivity contribution in [2.24, 2.45) is 0 Å². The fourth-order valence-corrected chi connectivity index (χ4v) is 5.00. The maximum atomic E-state index is 13.6. The highest BCUT2D eigenvalue weighted by atomic mass is 16.6. The van der Waals surface area contributed by atoms with Crippen molar-refractivity contribution in [2.75, 3.05) is 26.4 Å². The van der Waals surface area contributed by atoms with Crippen LogP contribution in [0.4, 0.5) is 0 Å². The molecular weight excluding hydrogens is 440 g/mol. The van der Waals surface area contributed by atoms with Gasteiger partial charge in [-0.3, -0.25) is 9.59 Å². The molecule has 2 aromatic rings. The zero-order valence-electron chi connectivity index (χ0n) is 19.9. The van der Waals surface area contributed by atoms with E-state index in [0.29, 0.717) is 58.1 Å². The molecule has 4 rings (SSSR count). The Hall–Kier alpha value is -3.10. The average molecular weight is 471 g/mol. The summed E-state index contributed by atoms with van der Waals surface area (Å²) >= 11 is 0. The van der Waals surface area contributed by atoms with Crippen LogP contribution >= 0.6 is 0 Å². The Bertz CT molecular complexity index is 1150. The summed E-state index contributed by atoms with van der Waals surface area (Å²) in [5, 5.41) is 18.5. The Morgan fingerprint density at radius 3 is 1.76 bits per heavy atom. The standard InChI is InChI=1S/C26H30O8/c1-5-16-11-18-23(14(3)21(16)31-9-7-27)33-20(29)13-26(18)19-12-17(6-2)22(32-10-8-28)15(4)24(19)34-25(26)30/h11-12,27-28H,5-10,13H2,1-4H3. The fraction of sp³-hybridized carbons (Fsp3) is 0.462. The predicted molar refractivity (Wildman–Crippen MR) is 123 cm³/mol. The van der Waals surface area contributed by atoms with E-state index in [-0.39, 0.29) is 32.8 Å². The molecule has 2 heterocycles. The van der Waals surface area contributed by atoms with Crippen LogP contribution in [0.5, 0.6) is 23.0 Å². The van der Waals surface area contributed by atoms with Crippen LogP contribution < -0.4 is 18.9 Å². The quantitative estimate of drug-likeness (QED) is 0.448. The van der Waals surface area contributed by atoms with E-state index < -0.39 is 17.4 Å². The molecule has 0 saturated carbocycles. The summed E-state index contributed by atoms with van der Waals surface area (Å²) in [4.78, 5) is 26.4. The molecular formula is C26H30O8. The van der Waals surface area contributed by atoms with Crippen LogP contribution in [0.25, 0.3) is 0 Å². The first kappa shape index (κ1) is 24.0. The van der Waals surface area contributed by atoms with E-state index in [9.17, 15) is 19.8 Å². The molecule has 8 heteroatoms. The molecule has 0 radical (unpaired) electrons. The average Bonchev–Trinajstić information content (AvgIpc) is 3.09. The normalized spacial score (nSPS) is 18.4. The van der Waals surface area contributed by atoms with Crippen LogP contribution in [0.1, 0.15) is 53.6 Å². The first-order chi connectivity index (χ1) is 16.3. The van der Waals surface area contributed by atoms with E-state index in [1.165, 1.54) is 0 Å². The van der Waals surface area contributed by atoms with Gasteiger partial charge in [0.15, 0.2) is 0 Å². The molecule has 1 spiro atoms. The molecule has 0 fully saturated rings. The topological polar surface area (TPSA) is 112 Å². The summed E-state index contributed by atoms with van der Waals surface area (Å²) in [5.74, 6) is 0.737. The van der Waals surface area contributed by atoms with Crippen molar-refractivity contribution in [1.82, 2.24) is 0 Å². The largest absolute Gasteiger partial charge is 0.490 e. The van der Waals surface area contributed by atoms with Gasteiger partial charge in [-0.2, -0.15) is 0 Å². The molecule has 2 N–H and O–H groups in total. The van der Waals surface area contributed by atoms with Crippen molar-refractivity contribution in [3.8, 4) is 23.0 Å². The van der Waals surface area contributed by atoms with Crippen molar-refractivity contribution in [2.45, 2.75) is 52.4 Å². The summed E-state index contributed by atoms with van der Waals surface area (Å²) in [7, 11) is 0. The number of carbonyl (C=O) groups is 2. The van der Waals surface area contributed by atoms with Gasteiger partial charge >= 0.3 is 11.9 Å². The number of hydrogen-bond donors (Lipinski definition) is 2. The molecule has 8 nitrogen and oxygen atoms in total. The van der Waals surface area contributed by atoms with Gasteiger partial charge in [-0.05, 0) is 49.9 Å². The molecule has 1 unspecified atom stereocenters. The van der Waals surface area contributed by atoms with Gasteiger partial charge in [0.2, 0.25) is 0 Å². The van der Waals surface area contributed by atoms with Gasteiger partial charge in [0.25, 0.3) is 0 Å². The molecule has 2 aromatic carbocycles. The van der Waals surface area contributed by atoms with Crippen LogP contribution in [0.15, 0.2) is 12.1 Å². The highest BCUT2D eigenvalue weighted by molar-refractivity contribution is 6.01. The Kier molecular flexibility index (Phi) is 6.55. The van der Waals surface area contributed by atoms with Crippen LogP contribution in [-0.2, 0) is 27.8 Å². The third kappa shape index (κ3) is 3.52. The Morgan fingerprint density at radius 2 is 1.32 bits per heavy atom. The number of fused-ring (bicyclic) bond motifs is 4. The summed E-state index contributed by atoms with van der Waals surface area (Å²) < 4.78 is 23.0. The fourth-order valence-electron chi connectivity index (χ4n) is 5.00. The lowest BCUT2D eigenvalue weighted by molar-refractivity contribution is -0.145. The molecule has 2 aliphatic rings. The molecule has 34 heavy (non-hydrogen) atoms. The maximum absolute atomic E-state index is 13.6. The lowest BCUT2D eigenvalue weighted by atomic mass is 9.69. The number of carbonyl (C=O) groups excluding carboxylic acids is 2. The molecule has 0 bridgehead atoms. The second kappa shape index (κ2) is 9.27. The minimum Gasteiger partial charge on any atom is -0.490 e. The second-order valence-corrected chi connectivity index (χ2v) is 8.53. The number of hydrogen-bond acceptors (Lipinski definition) is 8. The molecule has 0 aromatic heterocycles. The van der Waals surface area contributed by atoms with Gasteiger partial charge in [-0.1, -0.05) is 13.8 Å². The number of benzene rings is 2. The van der Waals surface area contributed by atoms with Crippen molar-refractivity contribution in [3.63, 3.8) is 0 Å². The van der Waals surface area contributed by atoms with E-state index in [1.54, 1.807) is 6.92 Å².